The van der Waals surface area contributed by atoms with Crippen molar-refractivity contribution in [2.24, 2.45) is 0 Å². The second-order valence-corrected chi connectivity index (χ2v) is 4.56. The molecule has 17 heavy (non-hydrogen) atoms. The van der Waals surface area contributed by atoms with Crippen LogP contribution in [0.5, 0.6) is 0 Å². The highest BCUT2D eigenvalue weighted by Crippen LogP contribution is 2.24. The molecule has 1 nitrogen and oxygen atoms in total. The van der Waals surface area contributed by atoms with Gasteiger partial charge in [-0.1, -0.05) is 53.5 Å². The fourth-order valence-electron chi connectivity index (χ4n) is 1.68. The lowest BCUT2D eigenvalue weighted by atomic mass is 10.0. The molecule has 0 N–H and O–H groups in total. The number of hydrogen-bond donors (Lipinski definition) is 0. The first-order valence-corrected chi connectivity index (χ1v) is 5.93. The average Bonchev–Trinajstić information content (AvgIpc) is 2.34. The number of benzene rings is 2. The first-order chi connectivity index (χ1) is 8.20. The maximum atomic E-state index is 10.9. The van der Waals surface area contributed by atoms with E-state index in [9.17, 15) is 4.79 Å². The number of carbonyl (C=O) groups is 1. The maximum Gasteiger partial charge on any atom is 0.150 e. The van der Waals surface area contributed by atoms with E-state index in [1.807, 2.05) is 30.3 Å². The van der Waals surface area contributed by atoms with Crippen LogP contribution in [0, 0.1) is 0 Å². The Balaban J connectivity index is 2.31. The molecule has 0 heterocycles. The van der Waals surface area contributed by atoms with Gasteiger partial charge in [0.05, 0.1) is 10.0 Å². The van der Waals surface area contributed by atoms with Crippen molar-refractivity contribution in [3.05, 3.63) is 69.2 Å². The summed E-state index contributed by atoms with van der Waals surface area (Å²) in [6.45, 7) is 0. The van der Waals surface area contributed by atoms with Gasteiger partial charge in [-0.2, -0.15) is 0 Å². The first kappa shape index (κ1) is 12.2. The van der Waals surface area contributed by atoms with E-state index < -0.39 is 0 Å². The molecule has 0 aromatic heterocycles. The fraction of sp³-hybridized carbons (Fsp3) is 0.0714. The Bertz CT molecular complexity index is 550. The van der Waals surface area contributed by atoms with Crippen molar-refractivity contribution in [2.45, 2.75) is 6.42 Å². The third-order valence-electron chi connectivity index (χ3n) is 2.56. The van der Waals surface area contributed by atoms with Gasteiger partial charge < -0.3 is 0 Å². The van der Waals surface area contributed by atoms with Gasteiger partial charge in [-0.15, -0.1) is 0 Å². The van der Waals surface area contributed by atoms with E-state index in [4.69, 9.17) is 23.2 Å². The number of rotatable bonds is 3. The molecule has 86 valence electrons. The van der Waals surface area contributed by atoms with E-state index in [-0.39, 0.29) is 0 Å². The smallest absolute Gasteiger partial charge is 0.150 e. The molecule has 0 aliphatic heterocycles. The van der Waals surface area contributed by atoms with E-state index in [2.05, 4.69) is 0 Å². The van der Waals surface area contributed by atoms with E-state index in [1.54, 1.807) is 12.1 Å². The van der Waals surface area contributed by atoms with E-state index in [0.29, 0.717) is 22.0 Å². The highest BCUT2D eigenvalue weighted by Gasteiger charge is 2.04. The number of halogens is 2. The van der Waals surface area contributed by atoms with Crippen LogP contribution in [0.1, 0.15) is 21.5 Å². The Labute approximate surface area is 110 Å². The minimum Gasteiger partial charge on any atom is -0.298 e. The van der Waals surface area contributed by atoms with Crippen LogP contribution in [-0.4, -0.2) is 6.29 Å². The van der Waals surface area contributed by atoms with Crippen molar-refractivity contribution in [1.82, 2.24) is 0 Å². The summed E-state index contributed by atoms with van der Waals surface area (Å²) in [7, 11) is 0. The molecule has 2 aromatic rings. The van der Waals surface area contributed by atoms with Crippen molar-refractivity contribution in [3.63, 3.8) is 0 Å². The standard InChI is InChI=1S/C14H10Cl2O/c15-13-6-5-10(8-14(13)16)7-11-3-1-2-4-12(11)9-17/h1-6,8-9H,7H2. The summed E-state index contributed by atoms with van der Waals surface area (Å²) in [5.41, 5.74) is 2.73. The van der Waals surface area contributed by atoms with E-state index in [1.165, 1.54) is 0 Å². The lowest BCUT2D eigenvalue weighted by Crippen LogP contribution is -1.94. The summed E-state index contributed by atoms with van der Waals surface area (Å²) in [5, 5.41) is 1.08. The van der Waals surface area contributed by atoms with Gasteiger partial charge in [0.25, 0.3) is 0 Å². The monoisotopic (exact) mass is 264 g/mol. The maximum absolute atomic E-state index is 10.9. The number of hydrogen-bond acceptors (Lipinski definition) is 1. The number of carbonyl (C=O) groups excluding carboxylic acids is 1. The lowest BCUT2D eigenvalue weighted by Gasteiger charge is -2.06. The van der Waals surface area contributed by atoms with Gasteiger partial charge in [-0.05, 0) is 29.7 Å². The van der Waals surface area contributed by atoms with Crippen molar-refractivity contribution >= 4 is 29.5 Å². The molecule has 0 unspecified atom stereocenters. The zero-order chi connectivity index (χ0) is 12.3. The Hall–Kier alpha value is -1.31. The van der Waals surface area contributed by atoms with Crippen LogP contribution in [0.2, 0.25) is 10.0 Å². The van der Waals surface area contributed by atoms with Crippen LogP contribution in [0.25, 0.3) is 0 Å². The summed E-state index contributed by atoms with van der Waals surface area (Å²) < 4.78 is 0. The molecule has 0 radical (unpaired) electrons. The average molecular weight is 265 g/mol. The molecule has 0 aliphatic rings. The molecule has 0 amide bonds. The predicted octanol–water partition coefficient (Wildman–Crippen LogP) is 4.40. The summed E-state index contributed by atoms with van der Waals surface area (Å²) >= 11 is 11.8. The molecule has 0 fully saturated rings. The van der Waals surface area contributed by atoms with Crippen molar-refractivity contribution in [3.8, 4) is 0 Å². The van der Waals surface area contributed by atoms with Crippen molar-refractivity contribution in [2.75, 3.05) is 0 Å². The first-order valence-electron chi connectivity index (χ1n) is 5.17. The normalized spacial score (nSPS) is 10.2. The summed E-state index contributed by atoms with van der Waals surface area (Å²) in [4.78, 5) is 10.9. The molecule has 0 saturated carbocycles. The highest BCUT2D eigenvalue weighted by molar-refractivity contribution is 6.42. The van der Waals surface area contributed by atoms with Crippen LogP contribution in [-0.2, 0) is 6.42 Å². The third-order valence-corrected chi connectivity index (χ3v) is 3.30. The molecule has 2 rings (SSSR count). The molecular formula is C14H10Cl2O. The molecule has 3 heteroatoms. The molecule has 0 spiro atoms. The molecular weight excluding hydrogens is 255 g/mol. The zero-order valence-corrected chi connectivity index (χ0v) is 10.5. The lowest BCUT2D eigenvalue weighted by molar-refractivity contribution is 0.112. The summed E-state index contributed by atoms with van der Waals surface area (Å²) in [6.07, 6.45) is 1.54. The van der Waals surface area contributed by atoms with Crippen LogP contribution in [0.15, 0.2) is 42.5 Å². The van der Waals surface area contributed by atoms with Crippen LogP contribution in [0.4, 0.5) is 0 Å². The Morgan fingerprint density at radius 1 is 1.00 bits per heavy atom. The molecule has 0 atom stereocenters. The van der Waals surface area contributed by atoms with Crippen LogP contribution >= 0.6 is 23.2 Å². The van der Waals surface area contributed by atoms with Gasteiger partial charge in [0, 0.05) is 5.56 Å². The van der Waals surface area contributed by atoms with Gasteiger partial charge in [-0.25, -0.2) is 0 Å². The van der Waals surface area contributed by atoms with Crippen molar-refractivity contribution in [1.29, 1.82) is 0 Å². The molecule has 0 saturated heterocycles. The van der Waals surface area contributed by atoms with E-state index in [0.717, 1.165) is 17.4 Å². The topological polar surface area (TPSA) is 17.1 Å². The zero-order valence-electron chi connectivity index (χ0n) is 8.99. The Morgan fingerprint density at radius 3 is 2.47 bits per heavy atom. The van der Waals surface area contributed by atoms with E-state index >= 15 is 0 Å². The van der Waals surface area contributed by atoms with Gasteiger partial charge in [0.1, 0.15) is 6.29 Å². The largest absolute Gasteiger partial charge is 0.298 e. The summed E-state index contributed by atoms with van der Waals surface area (Å²) in [5.74, 6) is 0. The SMILES string of the molecule is O=Cc1ccccc1Cc1ccc(Cl)c(Cl)c1. The van der Waals surface area contributed by atoms with Gasteiger partial charge in [0.2, 0.25) is 0 Å². The fourth-order valence-corrected chi connectivity index (χ4v) is 2.00. The van der Waals surface area contributed by atoms with Gasteiger partial charge in [0.15, 0.2) is 0 Å². The second-order valence-electron chi connectivity index (χ2n) is 3.74. The predicted molar refractivity (Wildman–Crippen MR) is 71.1 cm³/mol. The van der Waals surface area contributed by atoms with Gasteiger partial charge >= 0.3 is 0 Å². The Kier molecular flexibility index (Phi) is 3.82. The molecule has 2 aromatic carbocycles. The van der Waals surface area contributed by atoms with Gasteiger partial charge in [-0.3, -0.25) is 4.79 Å². The summed E-state index contributed by atoms with van der Waals surface area (Å²) in [6, 6.07) is 13.0. The molecule has 0 aliphatic carbocycles. The number of aldehydes is 1. The Morgan fingerprint density at radius 2 is 1.76 bits per heavy atom. The minimum absolute atomic E-state index is 0.535. The molecule has 0 bridgehead atoms. The third kappa shape index (κ3) is 2.87. The quantitative estimate of drug-likeness (QED) is 0.752. The van der Waals surface area contributed by atoms with Crippen molar-refractivity contribution < 1.29 is 4.79 Å². The second kappa shape index (κ2) is 5.35. The minimum atomic E-state index is 0.535. The van der Waals surface area contributed by atoms with Crippen LogP contribution in [0.3, 0.4) is 0 Å². The van der Waals surface area contributed by atoms with Crippen LogP contribution < -0.4 is 0 Å². The highest BCUT2D eigenvalue weighted by atomic mass is 35.5.